The van der Waals surface area contributed by atoms with E-state index in [0.717, 1.165) is 5.75 Å². The van der Waals surface area contributed by atoms with Gasteiger partial charge in [0.05, 0.1) is 13.2 Å². The summed E-state index contributed by atoms with van der Waals surface area (Å²) in [5, 5.41) is 2.94. The van der Waals surface area contributed by atoms with Gasteiger partial charge in [0.2, 0.25) is 0 Å². The third-order valence-corrected chi connectivity index (χ3v) is 3.89. The highest BCUT2D eigenvalue weighted by Gasteiger charge is 2.20. The van der Waals surface area contributed by atoms with Crippen LogP contribution in [0.1, 0.15) is 25.8 Å². The van der Waals surface area contributed by atoms with Crippen LogP contribution in [-0.4, -0.2) is 31.8 Å². The summed E-state index contributed by atoms with van der Waals surface area (Å²) < 4.78 is 16.7. The van der Waals surface area contributed by atoms with E-state index in [1.165, 1.54) is 5.56 Å². The molecule has 1 N–H and O–H groups in total. The van der Waals surface area contributed by atoms with Crippen LogP contribution >= 0.6 is 0 Å². The van der Waals surface area contributed by atoms with E-state index in [2.05, 4.69) is 5.32 Å². The summed E-state index contributed by atoms with van der Waals surface area (Å²) in [6, 6.07) is 14.9. The molecule has 0 spiro atoms. The van der Waals surface area contributed by atoms with Gasteiger partial charge in [-0.1, -0.05) is 30.7 Å². The first-order chi connectivity index (χ1) is 12.5. The van der Waals surface area contributed by atoms with Gasteiger partial charge in [0.1, 0.15) is 23.9 Å². The number of hydrogen-bond acceptors (Lipinski definition) is 4. The minimum Gasteiger partial charge on any atom is -0.497 e. The average Bonchev–Trinajstić information content (AvgIpc) is 2.65. The van der Waals surface area contributed by atoms with Crippen molar-refractivity contribution < 1.29 is 19.0 Å². The maximum absolute atomic E-state index is 12.5. The minimum atomic E-state index is -0.566. The molecule has 5 heteroatoms. The zero-order valence-corrected chi connectivity index (χ0v) is 15.8. The SMILES string of the molecule is CC[C@@H](Oc1cccc(OC)c1)C(=O)N[C@H](C)COc1ccc(C)cc1. The van der Waals surface area contributed by atoms with Crippen molar-refractivity contribution in [3.8, 4) is 17.2 Å². The van der Waals surface area contributed by atoms with Crippen molar-refractivity contribution in [1.82, 2.24) is 5.32 Å². The quantitative estimate of drug-likeness (QED) is 0.743. The van der Waals surface area contributed by atoms with Gasteiger partial charge in [-0.3, -0.25) is 4.79 Å². The summed E-state index contributed by atoms with van der Waals surface area (Å²) in [5.74, 6) is 1.93. The molecule has 0 aromatic heterocycles. The van der Waals surface area contributed by atoms with Crippen LogP contribution in [0.25, 0.3) is 0 Å². The number of amides is 1. The lowest BCUT2D eigenvalue weighted by atomic mass is 10.2. The van der Waals surface area contributed by atoms with Gasteiger partial charge in [-0.05, 0) is 44.5 Å². The Labute approximate surface area is 155 Å². The largest absolute Gasteiger partial charge is 0.497 e. The average molecular weight is 357 g/mol. The van der Waals surface area contributed by atoms with Crippen LogP contribution in [-0.2, 0) is 4.79 Å². The first kappa shape index (κ1) is 19.6. The van der Waals surface area contributed by atoms with Crippen molar-refractivity contribution in [3.05, 3.63) is 54.1 Å². The zero-order chi connectivity index (χ0) is 18.9. The first-order valence-corrected chi connectivity index (χ1v) is 8.82. The van der Waals surface area contributed by atoms with Crippen LogP contribution in [0.5, 0.6) is 17.2 Å². The zero-order valence-electron chi connectivity index (χ0n) is 15.8. The van der Waals surface area contributed by atoms with Gasteiger partial charge in [0.25, 0.3) is 5.91 Å². The van der Waals surface area contributed by atoms with Crippen LogP contribution in [0.2, 0.25) is 0 Å². The Bertz CT molecular complexity index is 699. The summed E-state index contributed by atoms with van der Waals surface area (Å²) in [7, 11) is 1.60. The molecule has 0 fully saturated rings. The van der Waals surface area contributed by atoms with Crippen molar-refractivity contribution in [2.24, 2.45) is 0 Å². The molecular weight excluding hydrogens is 330 g/mol. The Balaban J connectivity index is 1.85. The number of hydrogen-bond donors (Lipinski definition) is 1. The van der Waals surface area contributed by atoms with E-state index < -0.39 is 6.10 Å². The van der Waals surface area contributed by atoms with E-state index in [9.17, 15) is 4.79 Å². The highest BCUT2D eigenvalue weighted by molar-refractivity contribution is 5.81. The Hall–Kier alpha value is -2.69. The van der Waals surface area contributed by atoms with Crippen LogP contribution in [0.4, 0.5) is 0 Å². The molecule has 0 aliphatic carbocycles. The summed E-state index contributed by atoms with van der Waals surface area (Å²) >= 11 is 0. The molecule has 0 aliphatic rings. The van der Waals surface area contributed by atoms with Crippen molar-refractivity contribution in [2.45, 2.75) is 39.3 Å². The summed E-state index contributed by atoms with van der Waals surface area (Å²) in [4.78, 5) is 12.5. The van der Waals surface area contributed by atoms with Crippen molar-refractivity contribution in [2.75, 3.05) is 13.7 Å². The fraction of sp³-hybridized carbons (Fsp3) is 0.381. The Kier molecular flexibility index (Phi) is 7.33. The lowest BCUT2D eigenvalue weighted by Gasteiger charge is -2.21. The number of carbonyl (C=O) groups excluding carboxylic acids is 1. The highest BCUT2D eigenvalue weighted by atomic mass is 16.5. The predicted octanol–water partition coefficient (Wildman–Crippen LogP) is 3.74. The standard InChI is InChI=1S/C21H27NO4/c1-5-20(26-19-8-6-7-18(13-19)24-4)21(23)22-16(3)14-25-17-11-9-15(2)10-12-17/h6-13,16,20H,5,14H2,1-4H3,(H,22,23)/t16-,20-/m1/s1. The number of carbonyl (C=O) groups is 1. The Morgan fingerprint density at radius 1 is 1.08 bits per heavy atom. The van der Waals surface area contributed by atoms with E-state index in [0.29, 0.717) is 24.5 Å². The van der Waals surface area contributed by atoms with Gasteiger partial charge < -0.3 is 19.5 Å². The van der Waals surface area contributed by atoms with E-state index in [-0.39, 0.29) is 11.9 Å². The maximum Gasteiger partial charge on any atom is 0.261 e. The Morgan fingerprint density at radius 2 is 1.77 bits per heavy atom. The number of methoxy groups -OCH3 is 1. The molecule has 140 valence electrons. The predicted molar refractivity (Wildman–Crippen MR) is 102 cm³/mol. The van der Waals surface area contributed by atoms with Gasteiger partial charge in [0.15, 0.2) is 6.10 Å². The van der Waals surface area contributed by atoms with Gasteiger partial charge in [-0.2, -0.15) is 0 Å². The smallest absolute Gasteiger partial charge is 0.261 e. The van der Waals surface area contributed by atoms with Crippen LogP contribution < -0.4 is 19.5 Å². The third-order valence-electron chi connectivity index (χ3n) is 3.89. The lowest BCUT2D eigenvalue weighted by molar-refractivity contribution is -0.128. The van der Waals surface area contributed by atoms with Crippen molar-refractivity contribution in [1.29, 1.82) is 0 Å². The van der Waals surface area contributed by atoms with Crippen LogP contribution in [0.15, 0.2) is 48.5 Å². The molecule has 0 unspecified atom stereocenters. The monoisotopic (exact) mass is 357 g/mol. The molecule has 2 aromatic carbocycles. The minimum absolute atomic E-state index is 0.133. The topological polar surface area (TPSA) is 56.8 Å². The van der Waals surface area contributed by atoms with Gasteiger partial charge in [-0.25, -0.2) is 0 Å². The van der Waals surface area contributed by atoms with E-state index >= 15 is 0 Å². The summed E-state index contributed by atoms with van der Waals surface area (Å²) in [6.07, 6.45) is -0.00173. The highest BCUT2D eigenvalue weighted by Crippen LogP contribution is 2.20. The maximum atomic E-state index is 12.5. The number of rotatable bonds is 9. The van der Waals surface area contributed by atoms with Gasteiger partial charge in [0, 0.05) is 6.07 Å². The van der Waals surface area contributed by atoms with Crippen LogP contribution in [0, 0.1) is 6.92 Å². The number of ether oxygens (including phenoxy) is 3. The fourth-order valence-corrected chi connectivity index (χ4v) is 2.39. The molecule has 26 heavy (non-hydrogen) atoms. The molecule has 0 bridgehead atoms. The second-order valence-corrected chi connectivity index (χ2v) is 6.23. The molecule has 2 atom stereocenters. The molecule has 5 nitrogen and oxygen atoms in total. The summed E-state index contributed by atoms with van der Waals surface area (Å²) in [5.41, 5.74) is 1.18. The van der Waals surface area contributed by atoms with Crippen molar-refractivity contribution >= 4 is 5.91 Å². The molecular formula is C21H27NO4. The van der Waals surface area contributed by atoms with Crippen molar-refractivity contribution in [3.63, 3.8) is 0 Å². The number of aryl methyl sites for hydroxylation is 1. The molecule has 2 rings (SSSR count). The van der Waals surface area contributed by atoms with Crippen LogP contribution in [0.3, 0.4) is 0 Å². The number of benzene rings is 2. The lowest BCUT2D eigenvalue weighted by Crippen LogP contribution is -2.44. The van der Waals surface area contributed by atoms with Gasteiger partial charge in [-0.15, -0.1) is 0 Å². The van der Waals surface area contributed by atoms with E-state index in [1.807, 2.05) is 63.2 Å². The fourth-order valence-electron chi connectivity index (χ4n) is 2.39. The molecule has 0 radical (unpaired) electrons. The Morgan fingerprint density at radius 3 is 2.42 bits per heavy atom. The molecule has 0 heterocycles. The molecule has 2 aromatic rings. The summed E-state index contributed by atoms with van der Waals surface area (Å²) in [6.45, 7) is 6.24. The van der Waals surface area contributed by atoms with E-state index in [1.54, 1.807) is 13.2 Å². The second-order valence-electron chi connectivity index (χ2n) is 6.23. The third kappa shape index (κ3) is 5.99. The normalized spacial score (nSPS) is 12.8. The first-order valence-electron chi connectivity index (χ1n) is 8.82. The molecule has 1 amide bonds. The molecule has 0 saturated heterocycles. The molecule has 0 saturated carbocycles. The van der Waals surface area contributed by atoms with Gasteiger partial charge >= 0.3 is 0 Å². The molecule has 0 aliphatic heterocycles. The van der Waals surface area contributed by atoms with E-state index in [4.69, 9.17) is 14.2 Å². The number of nitrogens with one attached hydrogen (secondary N) is 1. The second kappa shape index (κ2) is 9.70.